The fourth-order valence-corrected chi connectivity index (χ4v) is 2.19. The number of carboxylic acid groups (broad SMARTS) is 1. The summed E-state index contributed by atoms with van der Waals surface area (Å²) >= 11 is 0. The topological polar surface area (TPSA) is 92.4 Å². The van der Waals surface area contributed by atoms with Crippen molar-refractivity contribution >= 4 is 11.9 Å². The van der Waals surface area contributed by atoms with Crippen molar-refractivity contribution in [1.29, 1.82) is 0 Å². The zero-order valence-electron chi connectivity index (χ0n) is 13.0. The lowest BCUT2D eigenvalue weighted by Gasteiger charge is -2.02. The molecule has 0 saturated carbocycles. The van der Waals surface area contributed by atoms with Crippen LogP contribution in [0.5, 0.6) is 0 Å². The van der Waals surface area contributed by atoms with E-state index in [0.29, 0.717) is 25.3 Å². The number of hydrogen-bond acceptors (Lipinski definition) is 4. The summed E-state index contributed by atoms with van der Waals surface area (Å²) in [7, 11) is 0. The number of nitrogens with one attached hydrogen (secondary N) is 1. The molecule has 122 valence electrons. The second kappa shape index (κ2) is 8.12. The maximum Gasteiger partial charge on any atom is 0.303 e. The van der Waals surface area contributed by atoms with Crippen LogP contribution in [0.25, 0.3) is 11.3 Å². The van der Waals surface area contributed by atoms with E-state index in [4.69, 9.17) is 9.52 Å². The molecule has 6 nitrogen and oxygen atoms in total. The van der Waals surface area contributed by atoms with Crippen molar-refractivity contribution in [1.82, 2.24) is 10.3 Å². The van der Waals surface area contributed by atoms with Gasteiger partial charge in [0.05, 0.1) is 5.69 Å². The van der Waals surface area contributed by atoms with E-state index >= 15 is 0 Å². The standard InChI is InChI=1S/C17H20N2O4/c1-12-17(13-6-3-2-4-7-13)23-15(19-12)10-9-14(20)18-11-5-8-16(21)22/h2-4,6-7H,5,8-11H2,1H3,(H,18,20)(H,21,22). The van der Waals surface area contributed by atoms with Gasteiger partial charge in [0, 0.05) is 31.4 Å². The number of aliphatic carboxylic acids is 1. The molecule has 0 aliphatic heterocycles. The molecular formula is C17H20N2O4. The van der Waals surface area contributed by atoms with Crippen LogP contribution in [0.15, 0.2) is 34.7 Å². The van der Waals surface area contributed by atoms with E-state index in [1.807, 2.05) is 37.3 Å². The summed E-state index contributed by atoms with van der Waals surface area (Å²) < 4.78 is 5.74. The van der Waals surface area contributed by atoms with Crippen molar-refractivity contribution < 1.29 is 19.1 Å². The van der Waals surface area contributed by atoms with Crippen LogP contribution >= 0.6 is 0 Å². The van der Waals surface area contributed by atoms with Crippen LogP contribution in [-0.4, -0.2) is 28.5 Å². The van der Waals surface area contributed by atoms with Gasteiger partial charge in [0.15, 0.2) is 11.7 Å². The molecule has 0 saturated heterocycles. The Morgan fingerprint density at radius 1 is 1.22 bits per heavy atom. The molecule has 2 N–H and O–H groups in total. The molecule has 2 rings (SSSR count). The molecule has 0 fully saturated rings. The molecule has 0 spiro atoms. The van der Waals surface area contributed by atoms with E-state index in [1.165, 1.54) is 0 Å². The summed E-state index contributed by atoms with van der Waals surface area (Å²) in [6.07, 6.45) is 1.16. The summed E-state index contributed by atoms with van der Waals surface area (Å²) in [6.45, 7) is 2.24. The predicted octanol–water partition coefficient (Wildman–Crippen LogP) is 2.56. The Morgan fingerprint density at radius 2 is 1.96 bits per heavy atom. The van der Waals surface area contributed by atoms with Gasteiger partial charge in [-0.3, -0.25) is 9.59 Å². The molecule has 2 aromatic rings. The number of amides is 1. The highest BCUT2D eigenvalue weighted by Crippen LogP contribution is 2.24. The highest BCUT2D eigenvalue weighted by atomic mass is 16.4. The van der Waals surface area contributed by atoms with Crippen molar-refractivity contribution in [3.63, 3.8) is 0 Å². The van der Waals surface area contributed by atoms with Gasteiger partial charge in [-0.25, -0.2) is 4.98 Å². The molecule has 0 radical (unpaired) electrons. The molecule has 0 bridgehead atoms. The van der Waals surface area contributed by atoms with E-state index < -0.39 is 5.97 Å². The smallest absolute Gasteiger partial charge is 0.303 e. The van der Waals surface area contributed by atoms with Crippen LogP contribution in [0.1, 0.15) is 30.8 Å². The van der Waals surface area contributed by atoms with E-state index in [2.05, 4.69) is 10.3 Å². The molecule has 1 aromatic carbocycles. The summed E-state index contributed by atoms with van der Waals surface area (Å²) in [5.41, 5.74) is 1.76. The Labute approximate surface area is 134 Å². The first-order valence-electron chi connectivity index (χ1n) is 7.56. The quantitative estimate of drug-likeness (QED) is 0.730. The first-order chi connectivity index (χ1) is 11.1. The Balaban J connectivity index is 1.82. The number of aryl methyl sites for hydroxylation is 2. The molecule has 23 heavy (non-hydrogen) atoms. The van der Waals surface area contributed by atoms with Crippen molar-refractivity contribution in [3.8, 4) is 11.3 Å². The fraction of sp³-hybridized carbons (Fsp3) is 0.353. The Bertz CT molecular complexity index is 664. The highest BCUT2D eigenvalue weighted by molar-refractivity contribution is 5.76. The van der Waals surface area contributed by atoms with Gasteiger partial charge in [-0.2, -0.15) is 0 Å². The van der Waals surface area contributed by atoms with E-state index in [0.717, 1.165) is 17.0 Å². The monoisotopic (exact) mass is 316 g/mol. The molecule has 1 aromatic heterocycles. The number of carbonyl (C=O) groups is 2. The Kier molecular flexibility index (Phi) is 5.91. The highest BCUT2D eigenvalue weighted by Gasteiger charge is 2.12. The predicted molar refractivity (Wildman–Crippen MR) is 84.9 cm³/mol. The molecular weight excluding hydrogens is 296 g/mol. The number of benzene rings is 1. The normalized spacial score (nSPS) is 10.5. The fourth-order valence-electron chi connectivity index (χ4n) is 2.19. The maximum absolute atomic E-state index is 11.7. The minimum Gasteiger partial charge on any atom is -0.481 e. The lowest BCUT2D eigenvalue weighted by Crippen LogP contribution is -2.25. The van der Waals surface area contributed by atoms with Gasteiger partial charge >= 0.3 is 5.97 Å². The minimum atomic E-state index is -0.858. The van der Waals surface area contributed by atoms with Crippen LogP contribution in [0.2, 0.25) is 0 Å². The largest absolute Gasteiger partial charge is 0.481 e. The van der Waals surface area contributed by atoms with Crippen molar-refractivity contribution in [2.75, 3.05) is 6.54 Å². The van der Waals surface area contributed by atoms with Crippen LogP contribution in [0, 0.1) is 6.92 Å². The van der Waals surface area contributed by atoms with Crippen molar-refractivity contribution in [3.05, 3.63) is 41.9 Å². The number of hydrogen-bond donors (Lipinski definition) is 2. The number of nitrogens with zero attached hydrogens (tertiary/aromatic N) is 1. The van der Waals surface area contributed by atoms with Gasteiger partial charge in [-0.15, -0.1) is 0 Å². The van der Waals surface area contributed by atoms with Crippen molar-refractivity contribution in [2.24, 2.45) is 0 Å². The molecule has 1 heterocycles. The van der Waals surface area contributed by atoms with Gasteiger partial charge in [-0.05, 0) is 13.3 Å². The second-order valence-corrected chi connectivity index (χ2v) is 5.24. The molecule has 0 aliphatic carbocycles. The van der Waals surface area contributed by atoms with E-state index in [1.54, 1.807) is 0 Å². The number of oxazole rings is 1. The van der Waals surface area contributed by atoms with Crippen LogP contribution in [0.3, 0.4) is 0 Å². The van der Waals surface area contributed by atoms with Gasteiger partial charge in [0.25, 0.3) is 0 Å². The van der Waals surface area contributed by atoms with Crippen LogP contribution < -0.4 is 5.32 Å². The third-order valence-corrected chi connectivity index (χ3v) is 3.33. The van der Waals surface area contributed by atoms with Crippen LogP contribution in [-0.2, 0) is 16.0 Å². The third-order valence-electron chi connectivity index (χ3n) is 3.33. The SMILES string of the molecule is Cc1nc(CCC(=O)NCCCC(=O)O)oc1-c1ccccc1. The van der Waals surface area contributed by atoms with Crippen LogP contribution in [0.4, 0.5) is 0 Å². The zero-order valence-corrected chi connectivity index (χ0v) is 13.0. The van der Waals surface area contributed by atoms with Gasteiger partial charge < -0.3 is 14.8 Å². The number of carboxylic acids is 1. The van der Waals surface area contributed by atoms with Gasteiger partial charge in [0.1, 0.15) is 0 Å². The zero-order chi connectivity index (χ0) is 16.7. The number of rotatable bonds is 8. The Hall–Kier alpha value is -2.63. The molecule has 1 amide bonds. The third kappa shape index (κ3) is 5.25. The summed E-state index contributed by atoms with van der Waals surface area (Å²) in [4.78, 5) is 26.4. The summed E-state index contributed by atoms with van der Waals surface area (Å²) in [6, 6.07) is 9.70. The molecule has 0 atom stereocenters. The maximum atomic E-state index is 11.7. The number of aromatic nitrogens is 1. The molecule has 0 aliphatic rings. The molecule has 6 heteroatoms. The van der Waals surface area contributed by atoms with Gasteiger partial charge in [-0.1, -0.05) is 30.3 Å². The molecule has 0 unspecified atom stereocenters. The minimum absolute atomic E-state index is 0.0552. The number of carbonyl (C=O) groups excluding carboxylic acids is 1. The Morgan fingerprint density at radius 3 is 2.65 bits per heavy atom. The lowest BCUT2D eigenvalue weighted by atomic mass is 10.1. The first kappa shape index (κ1) is 16.7. The average Bonchev–Trinajstić information content (AvgIpc) is 2.91. The summed E-state index contributed by atoms with van der Waals surface area (Å²) in [5, 5.41) is 11.2. The first-order valence-corrected chi connectivity index (χ1v) is 7.56. The van der Waals surface area contributed by atoms with E-state index in [-0.39, 0.29) is 18.7 Å². The summed E-state index contributed by atoms with van der Waals surface area (Å²) in [5.74, 6) is 0.264. The second-order valence-electron chi connectivity index (χ2n) is 5.24. The van der Waals surface area contributed by atoms with Gasteiger partial charge in [0.2, 0.25) is 5.91 Å². The van der Waals surface area contributed by atoms with Crippen molar-refractivity contribution in [2.45, 2.75) is 32.6 Å². The lowest BCUT2D eigenvalue weighted by molar-refractivity contribution is -0.137. The van der Waals surface area contributed by atoms with E-state index in [9.17, 15) is 9.59 Å². The average molecular weight is 316 g/mol.